The van der Waals surface area contributed by atoms with Gasteiger partial charge in [-0.25, -0.2) is 0 Å². The lowest BCUT2D eigenvalue weighted by atomic mass is 9.94. The molecule has 1 aromatic heterocycles. The first-order chi connectivity index (χ1) is 30.1. The number of ether oxygens (including phenoxy) is 2. The van der Waals surface area contributed by atoms with Crippen LogP contribution in [0.15, 0.2) is 0 Å². The Morgan fingerprint density at radius 1 is 0.774 bits per heavy atom. The smallest absolute Gasteiger partial charge is 0.308 e. The Labute approximate surface area is 382 Å². The fourth-order valence-corrected chi connectivity index (χ4v) is 8.97. The summed E-state index contributed by atoms with van der Waals surface area (Å²) in [7, 11) is 5.83. The van der Waals surface area contributed by atoms with Crippen LogP contribution in [-0.4, -0.2) is 93.3 Å². The average molecular weight is 891 g/mol. The Hall–Kier alpha value is -2.99. The number of rotatable bonds is 36. The quantitative estimate of drug-likeness (QED) is 0.0383. The van der Waals surface area contributed by atoms with Gasteiger partial charge in [-0.05, 0) is 83.9 Å². The van der Waals surface area contributed by atoms with Crippen molar-refractivity contribution in [3.8, 4) is 0 Å². The third-order valence-electron chi connectivity index (χ3n) is 11.7. The van der Waals surface area contributed by atoms with Crippen LogP contribution in [0.2, 0.25) is 0 Å². The topological polar surface area (TPSA) is 134 Å². The number of anilines is 1. The molecular formula is C50H90N4O7S. The SMILES string of the molecule is CCCCC(CC)OC(=O)CCCCC=O.CCCCCCCCC(CCCCCCCC)C(=O)OCCCCCC(=O)N1CCc2c(sc(NC)c2C(=O)NCCN(C)C)C1. The Balaban J connectivity index is 0.00000101. The van der Waals surface area contributed by atoms with E-state index in [1.54, 1.807) is 11.3 Å². The van der Waals surface area contributed by atoms with Crippen LogP contribution in [0.3, 0.4) is 0 Å². The third-order valence-corrected chi connectivity index (χ3v) is 13.0. The monoisotopic (exact) mass is 891 g/mol. The summed E-state index contributed by atoms with van der Waals surface area (Å²) in [6.45, 7) is 11.7. The van der Waals surface area contributed by atoms with Gasteiger partial charge in [0.25, 0.3) is 5.91 Å². The minimum absolute atomic E-state index is 0.00931. The molecule has 0 radical (unpaired) electrons. The lowest BCUT2D eigenvalue weighted by molar-refractivity contribution is -0.150. The Kier molecular flexibility index (Phi) is 34.4. The molecule has 358 valence electrons. The van der Waals surface area contributed by atoms with Crippen molar-refractivity contribution in [2.75, 3.05) is 52.7 Å². The second-order valence-corrected chi connectivity index (χ2v) is 18.6. The summed E-state index contributed by atoms with van der Waals surface area (Å²) in [4.78, 5) is 65.6. The molecule has 0 spiro atoms. The van der Waals surface area contributed by atoms with E-state index in [0.717, 1.165) is 117 Å². The van der Waals surface area contributed by atoms with Crippen molar-refractivity contribution in [2.24, 2.45) is 5.92 Å². The van der Waals surface area contributed by atoms with Crippen LogP contribution in [0.4, 0.5) is 5.00 Å². The van der Waals surface area contributed by atoms with Crippen LogP contribution in [0.1, 0.15) is 215 Å². The lowest BCUT2D eigenvalue weighted by Crippen LogP contribution is -2.36. The molecule has 1 aliphatic rings. The highest BCUT2D eigenvalue weighted by atomic mass is 32.1. The van der Waals surface area contributed by atoms with E-state index in [2.05, 4.69) is 31.4 Å². The van der Waals surface area contributed by atoms with E-state index in [4.69, 9.17) is 9.47 Å². The molecule has 2 amide bonds. The molecule has 0 aromatic carbocycles. The van der Waals surface area contributed by atoms with Gasteiger partial charge in [-0.3, -0.25) is 19.2 Å². The number of fused-ring (bicyclic) bond motifs is 1. The molecule has 0 aliphatic carbocycles. The van der Waals surface area contributed by atoms with Crippen molar-refractivity contribution in [3.05, 3.63) is 16.0 Å². The molecule has 0 saturated heterocycles. The van der Waals surface area contributed by atoms with Gasteiger partial charge in [0.05, 0.1) is 24.6 Å². The minimum atomic E-state index is -0.117. The minimum Gasteiger partial charge on any atom is -0.465 e. The first-order valence-corrected chi connectivity index (χ1v) is 25.7. The third kappa shape index (κ3) is 26.0. The number of esters is 2. The van der Waals surface area contributed by atoms with Crippen molar-refractivity contribution in [1.82, 2.24) is 15.1 Å². The molecule has 1 atom stereocenters. The van der Waals surface area contributed by atoms with Gasteiger partial charge in [0.15, 0.2) is 0 Å². The summed E-state index contributed by atoms with van der Waals surface area (Å²) in [5, 5.41) is 7.11. The molecule has 12 heteroatoms. The van der Waals surface area contributed by atoms with E-state index < -0.39 is 0 Å². The first-order valence-electron chi connectivity index (χ1n) is 24.9. The van der Waals surface area contributed by atoms with Crippen LogP contribution < -0.4 is 10.6 Å². The van der Waals surface area contributed by atoms with E-state index in [-0.39, 0.29) is 35.8 Å². The van der Waals surface area contributed by atoms with Crippen molar-refractivity contribution in [1.29, 1.82) is 0 Å². The van der Waals surface area contributed by atoms with Crippen molar-refractivity contribution in [2.45, 2.75) is 214 Å². The van der Waals surface area contributed by atoms with Crippen LogP contribution in [0.25, 0.3) is 0 Å². The molecule has 2 rings (SSSR count). The van der Waals surface area contributed by atoms with E-state index in [9.17, 15) is 24.0 Å². The highest BCUT2D eigenvalue weighted by Gasteiger charge is 2.29. The van der Waals surface area contributed by atoms with Gasteiger partial charge in [-0.2, -0.15) is 0 Å². The molecule has 62 heavy (non-hydrogen) atoms. The van der Waals surface area contributed by atoms with Gasteiger partial charge in [0.1, 0.15) is 17.4 Å². The molecule has 2 heterocycles. The van der Waals surface area contributed by atoms with Gasteiger partial charge < -0.3 is 34.7 Å². The normalized spacial score (nSPS) is 12.7. The number of thiophene rings is 1. The molecule has 0 fully saturated rings. The fourth-order valence-electron chi connectivity index (χ4n) is 7.76. The predicted molar refractivity (Wildman–Crippen MR) is 257 cm³/mol. The molecule has 1 aliphatic heterocycles. The standard InChI is InChI=1S/C37H66N4O4S.C13H24O3/c1-6-8-10-12-14-17-21-30(22-18-15-13-11-9-7-2)37(44)45-28-20-16-19-23-33(42)41-26-24-31-32(29-41)46-36(38-3)34(31)35(43)39-25-27-40(4)5;1-3-5-9-12(4-2)16-13(15)10-7-6-8-11-14/h30,38H,6-29H2,1-5H3,(H,39,43);11-12H,3-10H2,1-2H3. The number of likely N-dealkylation sites (N-methyl/N-ethyl adjacent to an activating group) is 1. The maximum atomic E-state index is 13.1. The zero-order valence-electron chi connectivity index (χ0n) is 40.5. The van der Waals surface area contributed by atoms with Crippen molar-refractivity contribution < 1.29 is 33.4 Å². The number of hydrogen-bond donors (Lipinski definition) is 2. The number of aldehydes is 1. The molecule has 1 unspecified atom stereocenters. The number of unbranched alkanes of at least 4 members (excludes halogenated alkanes) is 15. The molecule has 1 aromatic rings. The Bertz CT molecular complexity index is 1340. The Morgan fingerprint density at radius 3 is 1.98 bits per heavy atom. The number of nitrogens with one attached hydrogen (secondary N) is 2. The predicted octanol–water partition coefficient (Wildman–Crippen LogP) is 11.4. The van der Waals surface area contributed by atoms with E-state index in [0.29, 0.717) is 51.9 Å². The average Bonchev–Trinajstić information content (AvgIpc) is 3.65. The summed E-state index contributed by atoms with van der Waals surface area (Å²) in [5.41, 5.74) is 1.82. The van der Waals surface area contributed by atoms with Crippen LogP contribution >= 0.6 is 11.3 Å². The highest BCUT2D eigenvalue weighted by Crippen LogP contribution is 2.37. The van der Waals surface area contributed by atoms with Gasteiger partial charge in [0.2, 0.25) is 5.91 Å². The lowest BCUT2D eigenvalue weighted by Gasteiger charge is -2.27. The number of carbonyl (C=O) groups is 5. The second kappa shape index (κ2) is 37.4. The van der Waals surface area contributed by atoms with E-state index in [1.165, 1.54) is 64.2 Å². The summed E-state index contributed by atoms with van der Waals surface area (Å²) >= 11 is 1.58. The number of nitrogens with zero attached hydrogens (tertiary/aromatic N) is 2. The van der Waals surface area contributed by atoms with Gasteiger partial charge >= 0.3 is 11.9 Å². The number of hydrogen-bond acceptors (Lipinski definition) is 10. The summed E-state index contributed by atoms with van der Waals surface area (Å²) in [6, 6.07) is 0. The molecule has 0 bridgehead atoms. The zero-order valence-corrected chi connectivity index (χ0v) is 41.3. The highest BCUT2D eigenvalue weighted by molar-refractivity contribution is 7.16. The fraction of sp³-hybridized carbons (Fsp3) is 0.820. The maximum absolute atomic E-state index is 13.1. The summed E-state index contributed by atoms with van der Waals surface area (Å²) in [6.07, 6.45) is 28.1. The molecule has 0 saturated carbocycles. The van der Waals surface area contributed by atoms with Gasteiger partial charge in [-0.15, -0.1) is 11.3 Å². The van der Waals surface area contributed by atoms with Gasteiger partial charge in [-0.1, -0.05) is 118 Å². The van der Waals surface area contributed by atoms with Crippen LogP contribution in [0, 0.1) is 5.92 Å². The van der Waals surface area contributed by atoms with E-state index in [1.807, 2.05) is 37.9 Å². The molecular weight excluding hydrogens is 801 g/mol. The largest absolute Gasteiger partial charge is 0.465 e. The zero-order chi connectivity index (χ0) is 45.8. The van der Waals surface area contributed by atoms with Crippen molar-refractivity contribution >= 4 is 46.4 Å². The van der Waals surface area contributed by atoms with E-state index >= 15 is 0 Å². The van der Waals surface area contributed by atoms with Crippen LogP contribution in [-0.2, 0) is 41.6 Å². The summed E-state index contributed by atoms with van der Waals surface area (Å²) in [5.74, 6) is 0.0318. The summed E-state index contributed by atoms with van der Waals surface area (Å²) < 4.78 is 11.1. The maximum Gasteiger partial charge on any atom is 0.308 e. The number of carbonyl (C=O) groups excluding carboxylic acids is 5. The van der Waals surface area contributed by atoms with Crippen molar-refractivity contribution in [3.63, 3.8) is 0 Å². The van der Waals surface area contributed by atoms with Crippen LogP contribution in [0.5, 0.6) is 0 Å². The second-order valence-electron chi connectivity index (χ2n) is 17.4. The first kappa shape index (κ1) is 57.0. The molecule has 11 nitrogen and oxygen atoms in total. The Morgan fingerprint density at radius 2 is 1.39 bits per heavy atom. The molecule has 2 N–H and O–H groups in total. The number of amides is 2. The van der Waals surface area contributed by atoms with Gasteiger partial charge in [0, 0.05) is 50.8 Å².